The van der Waals surface area contributed by atoms with Crippen LogP contribution in [0.2, 0.25) is 0 Å². The van der Waals surface area contributed by atoms with Crippen LogP contribution in [0.1, 0.15) is 26.2 Å². The highest BCUT2D eigenvalue weighted by Gasteiger charge is 2.21. The Bertz CT molecular complexity index is 178. The van der Waals surface area contributed by atoms with Gasteiger partial charge in [-0.1, -0.05) is 6.92 Å². The van der Waals surface area contributed by atoms with Crippen LogP contribution in [-0.2, 0) is 9.47 Å². The zero-order chi connectivity index (χ0) is 11.8. The van der Waals surface area contributed by atoms with Crippen molar-refractivity contribution in [3.8, 4) is 0 Å². The molecule has 1 aliphatic heterocycles. The van der Waals surface area contributed by atoms with Gasteiger partial charge in [0.05, 0.1) is 18.8 Å². The molecule has 1 heterocycles. The first-order valence-electron chi connectivity index (χ1n) is 6.27. The van der Waals surface area contributed by atoms with Crippen LogP contribution >= 0.6 is 0 Å². The van der Waals surface area contributed by atoms with Gasteiger partial charge in [0.15, 0.2) is 0 Å². The van der Waals surface area contributed by atoms with Crippen molar-refractivity contribution in [3.63, 3.8) is 0 Å². The molecule has 1 fully saturated rings. The molecule has 0 aromatic rings. The Morgan fingerprint density at radius 2 is 2.31 bits per heavy atom. The Hall–Kier alpha value is -0.160. The monoisotopic (exact) mass is 231 g/mol. The van der Waals surface area contributed by atoms with Crippen LogP contribution in [0, 0.1) is 0 Å². The molecule has 0 aromatic carbocycles. The van der Waals surface area contributed by atoms with Gasteiger partial charge in [-0.2, -0.15) is 0 Å². The Morgan fingerprint density at radius 1 is 1.50 bits per heavy atom. The lowest BCUT2D eigenvalue weighted by Crippen LogP contribution is -2.44. The normalized spacial score (nSPS) is 24.6. The van der Waals surface area contributed by atoms with E-state index in [9.17, 15) is 5.11 Å². The summed E-state index contributed by atoms with van der Waals surface area (Å²) in [6, 6.07) is 0. The fourth-order valence-electron chi connectivity index (χ4n) is 2.14. The predicted octanol–water partition coefficient (Wildman–Crippen LogP) is 0.885. The van der Waals surface area contributed by atoms with Crippen molar-refractivity contribution in [2.45, 2.75) is 38.4 Å². The van der Waals surface area contributed by atoms with Gasteiger partial charge in [-0.3, -0.25) is 4.90 Å². The molecule has 4 heteroatoms. The van der Waals surface area contributed by atoms with Crippen LogP contribution < -0.4 is 0 Å². The van der Waals surface area contributed by atoms with E-state index in [1.807, 2.05) is 0 Å². The van der Waals surface area contributed by atoms with Crippen molar-refractivity contribution in [2.75, 3.05) is 40.0 Å². The smallest absolute Gasteiger partial charge is 0.0900 e. The van der Waals surface area contributed by atoms with Crippen molar-refractivity contribution in [3.05, 3.63) is 0 Å². The average molecular weight is 231 g/mol. The number of aliphatic hydroxyl groups is 1. The third-order valence-electron chi connectivity index (χ3n) is 2.85. The van der Waals surface area contributed by atoms with Gasteiger partial charge in [0.25, 0.3) is 0 Å². The Kier molecular flexibility index (Phi) is 6.96. The highest BCUT2D eigenvalue weighted by Crippen LogP contribution is 2.13. The molecule has 96 valence electrons. The van der Waals surface area contributed by atoms with Crippen molar-refractivity contribution < 1.29 is 14.6 Å². The van der Waals surface area contributed by atoms with Crippen molar-refractivity contribution in [1.29, 1.82) is 0 Å². The second-order valence-corrected chi connectivity index (χ2v) is 4.50. The SMILES string of the molecule is CCCOC1CCCN(CC(O)COC)C1. The molecule has 0 aliphatic carbocycles. The van der Waals surface area contributed by atoms with Gasteiger partial charge in [0, 0.05) is 26.8 Å². The summed E-state index contributed by atoms with van der Waals surface area (Å²) in [4.78, 5) is 2.27. The third-order valence-corrected chi connectivity index (χ3v) is 2.85. The lowest BCUT2D eigenvalue weighted by Gasteiger charge is -2.33. The van der Waals surface area contributed by atoms with Gasteiger partial charge in [-0.25, -0.2) is 0 Å². The number of piperidine rings is 1. The van der Waals surface area contributed by atoms with E-state index in [-0.39, 0.29) is 6.10 Å². The number of β-amino-alcohol motifs (C(OH)–C–C–N with tert-alkyl or cyclic N) is 1. The number of aliphatic hydroxyl groups excluding tert-OH is 1. The molecule has 2 unspecified atom stereocenters. The van der Waals surface area contributed by atoms with E-state index in [0.29, 0.717) is 19.3 Å². The second-order valence-electron chi connectivity index (χ2n) is 4.50. The maximum Gasteiger partial charge on any atom is 0.0900 e. The van der Waals surface area contributed by atoms with Crippen LogP contribution in [0.5, 0.6) is 0 Å². The summed E-state index contributed by atoms with van der Waals surface area (Å²) < 4.78 is 10.7. The highest BCUT2D eigenvalue weighted by molar-refractivity contribution is 4.75. The molecule has 0 radical (unpaired) electrons. The minimum atomic E-state index is -0.380. The van der Waals surface area contributed by atoms with Crippen LogP contribution in [0.15, 0.2) is 0 Å². The maximum absolute atomic E-state index is 9.66. The van der Waals surface area contributed by atoms with Gasteiger partial charge in [-0.15, -0.1) is 0 Å². The first-order chi connectivity index (χ1) is 7.76. The number of nitrogens with zero attached hydrogens (tertiary/aromatic N) is 1. The van der Waals surface area contributed by atoms with Gasteiger partial charge in [-0.05, 0) is 25.8 Å². The number of ether oxygens (including phenoxy) is 2. The standard InChI is InChI=1S/C12H25NO3/c1-3-7-16-12-5-4-6-13(9-12)8-11(14)10-15-2/h11-12,14H,3-10H2,1-2H3. The molecular weight excluding hydrogens is 206 g/mol. The van der Waals surface area contributed by atoms with Crippen LogP contribution in [0.3, 0.4) is 0 Å². The number of hydrogen-bond donors (Lipinski definition) is 1. The summed E-state index contributed by atoms with van der Waals surface area (Å²) in [6.07, 6.45) is 3.35. The van der Waals surface area contributed by atoms with E-state index in [1.165, 1.54) is 0 Å². The fraction of sp³-hybridized carbons (Fsp3) is 1.00. The summed E-state index contributed by atoms with van der Waals surface area (Å²) in [5, 5.41) is 9.66. The summed E-state index contributed by atoms with van der Waals surface area (Å²) in [5.74, 6) is 0. The Morgan fingerprint density at radius 3 is 3.00 bits per heavy atom. The minimum Gasteiger partial charge on any atom is -0.389 e. The van der Waals surface area contributed by atoms with Crippen molar-refractivity contribution >= 4 is 0 Å². The second kappa shape index (κ2) is 8.01. The minimum absolute atomic E-state index is 0.350. The zero-order valence-electron chi connectivity index (χ0n) is 10.5. The number of likely N-dealkylation sites (tertiary alicyclic amines) is 1. The predicted molar refractivity (Wildman–Crippen MR) is 63.6 cm³/mol. The summed E-state index contributed by atoms with van der Waals surface area (Å²) in [6.45, 7) is 6.09. The topological polar surface area (TPSA) is 41.9 Å². The number of methoxy groups -OCH3 is 1. The third kappa shape index (κ3) is 5.25. The Labute approximate surface area is 98.5 Å². The van der Waals surface area contributed by atoms with E-state index in [1.54, 1.807) is 7.11 Å². The van der Waals surface area contributed by atoms with Gasteiger partial charge < -0.3 is 14.6 Å². The first-order valence-corrected chi connectivity index (χ1v) is 6.27. The van der Waals surface area contributed by atoms with Crippen LogP contribution in [0.4, 0.5) is 0 Å². The first kappa shape index (κ1) is 13.9. The molecule has 16 heavy (non-hydrogen) atoms. The van der Waals surface area contributed by atoms with Gasteiger partial charge in [0.2, 0.25) is 0 Å². The molecule has 0 spiro atoms. The molecule has 1 N–H and O–H groups in total. The summed E-state index contributed by atoms with van der Waals surface area (Å²) in [5.41, 5.74) is 0. The summed E-state index contributed by atoms with van der Waals surface area (Å²) >= 11 is 0. The van der Waals surface area contributed by atoms with Crippen LogP contribution in [-0.4, -0.2) is 62.2 Å². The van der Waals surface area contributed by atoms with E-state index in [4.69, 9.17) is 9.47 Å². The van der Waals surface area contributed by atoms with E-state index in [2.05, 4.69) is 11.8 Å². The molecular formula is C12H25NO3. The Balaban J connectivity index is 2.21. The van der Waals surface area contributed by atoms with Crippen LogP contribution in [0.25, 0.3) is 0 Å². The maximum atomic E-state index is 9.66. The summed E-state index contributed by atoms with van der Waals surface area (Å²) in [7, 11) is 1.62. The zero-order valence-corrected chi connectivity index (χ0v) is 10.5. The molecule has 0 bridgehead atoms. The van der Waals surface area contributed by atoms with Gasteiger partial charge in [0.1, 0.15) is 0 Å². The molecule has 1 aliphatic rings. The van der Waals surface area contributed by atoms with Crippen molar-refractivity contribution in [2.24, 2.45) is 0 Å². The molecule has 1 rings (SSSR count). The lowest BCUT2D eigenvalue weighted by atomic mass is 10.1. The number of hydrogen-bond acceptors (Lipinski definition) is 4. The van der Waals surface area contributed by atoms with E-state index in [0.717, 1.165) is 39.0 Å². The number of rotatable bonds is 7. The quantitative estimate of drug-likeness (QED) is 0.706. The molecule has 2 atom stereocenters. The molecule has 0 aromatic heterocycles. The lowest BCUT2D eigenvalue weighted by molar-refractivity contribution is -0.0216. The average Bonchev–Trinajstić information content (AvgIpc) is 2.27. The van der Waals surface area contributed by atoms with E-state index >= 15 is 0 Å². The van der Waals surface area contributed by atoms with Crippen molar-refractivity contribution in [1.82, 2.24) is 4.90 Å². The highest BCUT2D eigenvalue weighted by atomic mass is 16.5. The van der Waals surface area contributed by atoms with Gasteiger partial charge >= 0.3 is 0 Å². The molecule has 1 saturated heterocycles. The fourth-order valence-corrected chi connectivity index (χ4v) is 2.14. The molecule has 4 nitrogen and oxygen atoms in total. The van der Waals surface area contributed by atoms with E-state index < -0.39 is 0 Å². The largest absolute Gasteiger partial charge is 0.389 e. The molecule has 0 saturated carbocycles. The molecule has 0 amide bonds.